The van der Waals surface area contributed by atoms with Crippen LogP contribution >= 0.6 is 23.4 Å². The number of halogens is 1. The summed E-state index contributed by atoms with van der Waals surface area (Å²) in [4.78, 5) is 12.3. The molecule has 5 nitrogen and oxygen atoms in total. The van der Waals surface area contributed by atoms with E-state index in [4.69, 9.17) is 11.6 Å². The Morgan fingerprint density at radius 3 is 2.79 bits per heavy atom. The average Bonchev–Trinajstić information content (AvgIpc) is 3.16. The Balaban J connectivity index is 1.51. The molecule has 3 rings (SSSR count). The Morgan fingerprint density at radius 1 is 1.25 bits per heavy atom. The molecule has 0 fully saturated rings. The van der Waals surface area contributed by atoms with Crippen LogP contribution in [-0.4, -0.2) is 32.5 Å². The number of benzene rings is 2. The lowest BCUT2D eigenvalue weighted by atomic mass is 10.1. The molecule has 1 N–H and O–H groups in total. The van der Waals surface area contributed by atoms with Crippen LogP contribution < -0.4 is 5.32 Å². The van der Waals surface area contributed by atoms with E-state index in [9.17, 15) is 4.79 Å². The Morgan fingerprint density at radius 2 is 2.04 bits per heavy atom. The van der Waals surface area contributed by atoms with Crippen molar-refractivity contribution in [2.45, 2.75) is 37.9 Å². The standard InChI is InChI=1S/C21H23ClN4OS/c1-15-8-11-18(12-19(15)22)26-14-23-25-21(26)28-13-20(27)24-16(2)9-10-17-6-4-3-5-7-17/h3-8,11-12,14,16H,9-10,13H2,1-2H3,(H,24,27). The average molecular weight is 415 g/mol. The minimum Gasteiger partial charge on any atom is -0.353 e. The minimum atomic E-state index is -0.0120. The van der Waals surface area contributed by atoms with E-state index < -0.39 is 0 Å². The lowest BCUT2D eigenvalue weighted by Gasteiger charge is -2.14. The van der Waals surface area contributed by atoms with Gasteiger partial charge in [-0.15, -0.1) is 10.2 Å². The first-order valence-corrected chi connectivity index (χ1v) is 10.5. The number of aryl methyl sites for hydroxylation is 2. The van der Waals surface area contributed by atoms with Gasteiger partial charge in [-0.2, -0.15) is 0 Å². The maximum absolute atomic E-state index is 12.3. The monoisotopic (exact) mass is 414 g/mol. The quantitative estimate of drug-likeness (QED) is 0.553. The van der Waals surface area contributed by atoms with Crippen molar-refractivity contribution < 1.29 is 4.79 Å². The van der Waals surface area contributed by atoms with Gasteiger partial charge < -0.3 is 5.32 Å². The van der Waals surface area contributed by atoms with E-state index in [0.717, 1.165) is 24.1 Å². The zero-order valence-corrected chi connectivity index (χ0v) is 17.5. The van der Waals surface area contributed by atoms with Gasteiger partial charge >= 0.3 is 0 Å². The highest BCUT2D eigenvalue weighted by Gasteiger charge is 2.13. The molecule has 0 aliphatic heterocycles. The highest BCUT2D eigenvalue weighted by atomic mass is 35.5. The molecule has 1 unspecified atom stereocenters. The molecule has 0 bridgehead atoms. The Bertz CT molecular complexity index is 929. The van der Waals surface area contributed by atoms with Crippen LogP contribution in [0, 0.1) is 6.92 Å². The molecule has 1 atom stereocenters. The van der Waals surface area contributed by atoms with Crippen LogP contribution in [-0.2, 0) is 11.2 Å². The number of rotatable bonds is 8. The maximum atomic E-state index is 12.3. The molecule has 0 aliphatic carbocycles. The lowest BCUT2D eigenvalue weighted by molar-refractivity contribution is -0.119. The predicted octanol–water partition coefficient (Wildman–Crippen LogP) is 4.46. The normalized spacial score (nSPS) is 12.0. The summed E-state index contributed by atoms with van der Waals surface area (Å²) >= 11 is 7.57. The zero-order chi connectivity index (χ0) is 19.9. The van der Waals surface area contributed by atoms with Gasteiger partial charge in [0.25, 0.3) is 0 Å². The fourth-order valence-corrected chi connectivity index (χ4v) is 3.69. The summed E-state index contributed by atoms with van der Waals surface area (Å²) in [5.74, 6) is 0.274. The summed E-state index contributed by atoms with van der Waals surface area (Å²) in [6.07, 6.45) is 3.47. The second-order valence-corrected chi connectivity index (χ2v) is 8.05. The van der Waals surface area contributed by atoms with E-state index in [-0.39, 0.29) is 17.7 Å². The molecule has 0 saturated heterocycles. The minimum absolute atomic E-state index is 0.0120. The van der Waals surface area contributed by atoms with Gasteiger partial charge in [0.15, 0.2) is 5.16 Å². The van der Waals surface area contributed by atoms with Crippen molar-refractivity contribution in [3.8, 4) is 5.69 Å². The first-order chi connectivity index (χ1) is 13.5. The zero-order valence-electron chi connectivity index (χ0n) is 15.9. The third kappa shape index (κ3) is 5.59. The summed E-state index contributed by atoms with van der Waals surface area (Å²) in [5, 5.41) is 12.5. The number of amides is 1. The van der Waals surface area contributed by atoms with Gasteiger partial charge in [0.05, 0.1) is 11.4 Å². The van der Waals surface area contributed by atoms with Crippen molar-refractivity contribution in [2.75, 3.05) is 5.75 Å². The fourth-order valence-electron chi connectivity index (χ4n) is 2.78. The molecule has 0 aliphatic rings. The first kappa shape index (κ1) is 20.4. The maximum Gasteiger partial charge on any atom is 0.230 e. The summed E-state index contributed by atoms with van der Waals surface area (Å²) in [6, 6.07) is 16.2. The van der Waals surface area contributed by atoms with Crippen LogP contribution in [0.4, 0.5) is 0 Å². The number of carbonyl (C=O) groups is 1. The predicted molar refractivity (Wildman–Crippen MR) is 114 cm³/mol. The Kier molecular flexibility index (Phi) is 7.12. The highest BCUT2D eigenvalue weighted by Crippen LogP contribution is 2.23. The van der Waals surface area contributed by atoms with E-state index >= 15 is 0 Å². The molecule has 1 heterocycles. The molecule has 146 valence electrons. The lowest BCUT2D eigenvalue weighted by Crippen LogP contribution is -2.34. The Labute approximate surface area is 174 Å². The summed E-state index contributed by atoms with van der Waals surface area (Å²) < 4.78 is 1.84. The van der Waals surface area contributed by atoms with E-state index in [2.05, 4.69) is 27.6 Å². The van der Waals surface area contributed by atoms with Crippen molar-refractivity contribution in [2.24, 2.45) is 0 Å². The number of aromatic nitrogens is 3. The molecular weight excluding hydrogens is 392 g/mol. The van der Waals surface area contributed by atoms with Gasteiger partial charge in [-0.25, -0.2) is 0 Å². The molecular formula is C21H23ClN4OS. The largest absolute Gasteiger partial charge is 0.353 e. The molecule has 0 spiro atoms. The Hall–Kier alpha value is -2.31. The molecule has 3 aromatic rings. The van der Waals surface area contributed by atoms with E-state index in [0.29, 0.717) is 10.2 Å². The number of carbonyl (C=O) groups excluding carboxylic acids is 1. The van der Waals surface area contributed by atoms with Crippen LogP contribution in [0.1, 0.15) is 24.5 Å². The van der Waals surface area contributed by atoms with Crippen LogP contribution in [0.3, 0.4) is 0 Å². The van der Waals surface area contributed by atoms with Crippen LogP contribution in [0.15, 0.2) is 60.0 Å². The van der Waals surface area contributed by atoms with E-state index in [1.807, 2.05) is 54.8 Å². The van der Waals surface area contributed by atoms with Gasteiger partial charge in [-0.3, -0.25) is 9.36 Å². The first-order valence-electron chi connectivity index (χ1n) is 9.15. The molecule has 7 heteroatoms. The second kappa shape index (κ2) is 9.75. The molecule has 0 radical (unpaired) electrons. The SMILES string of the molecule is Cc1ccc(-n2cnnc2SCC(=O)NC(C)CCc2ccccc2)cc1Cl. The van der Waals surface area contributed by atoms with Crippen LogP contribution in [0.25, 0.3) is 5.69 Å². The van der Waals surface area contributed by atoms with Gasteiger partial charge in [-0.05, 0) is 49.9 Å². The topological polar surface area (TPSA) is 59.8 Å². The molecule has 1 aromatic heterocycles. The van der Waals surface area contributed by atoms with Crippen molar-refractivity contribution in [3.05, 3.63) is 71.0 Å². The van der Waals surface area contributed by atoms with Crippen molar-refractivity contribution in [1.29, 1.82) is 0 Å². The number of nitrogens with zero attached hydrogens (tertiary/aromatic N) is 3. The van der Waals surface area contributed by atoms with Crippen LogP contribution in [0.5, 0.6) is 0 Å². The number of nitrogens with one attached hydrogen (secondary N) is 1. The van der Waals surface area contributed by atoms with E-state index in [1.54, 1.807) is 6.33 Å². The van der Waals surface area contributed by atoms with E-state index in [1.165, 1.54) is 17.3 Å². The van der Waals surface area contributed by atoms with Crippen molar-refractivity contribution in [3.63, 3.8) is 0 Å². The third-order valence-electron chi connectivity index (χ3n) is 4.40. The third-order valence-corrected chi connectivity index (χ3v) is 5.75. The van der Waals surface area contributed by atoms with Gasteiger partial charge in [-0.1, -0.05) is 59.8 Å². The number of hydrogen-bond acceptors (Lipinski definition) is 4. The molecule has 2 aromatic carbocycles. The summed E-state index contributed by atoms with van der Waals surface area (Å²) in [6.45, 7) is 3.99. The van der Waals surface area contributed by atoms with Gasteiger partial charge in [0, 0.05) is 11.1 Å². The fraction of sp³-hybridized carbons (Fsp3) is 0.286. The van der Waals surface area contributed by atoms with Gasteiger partial charge in [0.2, 0.25) is 5.91 Å². The van der Waals surface area contributed by atoms with Crippen molar-refractivity contribution >= 4 is 29.3 Å². The molecule has 0 saturated carbocycles. The van der Waals surface area contributed by atoms with Gasteiger partial charge in [0.1, 0.15) is 6.33 Å². The number of thioether (sulfide) groups is 1. The smallest absolute Gasteiger partial charge is 0.230 e. The number of hydrogen-bond donors (Lipinski definition) is 1. The van der Waals surface area contributed by atoms with Crippen LogP contribution in [0.2, 0.25) is 5.02 Å². The van der Waals surface area contributed by atoms with Crippen molar-refractivity contribution in [1.82, 2.24) is 20.1 Å². The highest BCUT2D eigenvalue weighted by molar-refractivity contribution is 7.99. The summed E-state index contributed by atoms with van der Waals surface area (Å²) in [5.41, 5.74) is 3.17. The summed E-state index contributed by atoms with van der Waals surface area (Å²) in [7, 11) is 0. The second-order valence-electron chi connectivity index (χ2n) is 6.70. The molecule has 1 amide bonds. The molecule has 28 heavy (non-hydrogen) atoms.